The SMILES string of the molecule is COC(=O)C(C)(C)CNCC1(C)CCOCC1. The van der Waals surface area contributed by atoms with Crippen molar-refractivity contribution in [2.75, 3.05) is 33.4 Å². The van der Waals surface area contributed by atoms with Gasteiger partial charge in [0.15, 0.2) is 0 Å². The molecule has 1 N–H and O–H groups in total. The molecular weight excluding hydrogens is 218 g/mol. The summed E-state index contributed by atoms with van der Waals surface area (Å²) in [5, 5.41) is 3.39. The van der Waals surface area contributed by atoms with Gasteiger partial charge in [-0.1, -0.05) is 6.92 Å². The van der Waals surface area contributed by atoms with Crippen molar-refractivity contribution < 1.29 is 14.3 Å². The van der Waals surface area contributed by atoms with E-state index in [-0.39, 0.29) is 5.97 Å². The summed E-state index contributed by atoms with van der Waals surface area (Å²) < 4.78 is 10.1. The molecule has 17 heavy (non-hydrogen) atoms. The number of ether oxygens (including phenoxy) is 2. The van der Waals surface area contributed by atoms with Crippen molar-refractivity contribution in [3.05, 3.63) is 0 Å². The van der Waals surface area contributed by atoms with Crippen molar-refractivity contribution in [2.24, 2.45) is 10.8 Å². The van der Waals surface area contributed by atoms with Crippen LogP contribution in [0.4, 0.5) is 0 Å². The first-order valence-corrected chi connectivity index (χ1v) is 6.27. The number of esters is 1. The van der Waals surface area contributed by atoms with Gasteiger partial charge in [-0.25, -0.2) is 0 Å². The number of methoxy groups -OCH3 is 1. The first kappa shape index (κ1) is 14.5. The smallest absolute Gasteiger partial charge is 0.312 e. The summed E-state index contributed by atoms with van der Waals surface area (Å²) in [7, 11) is 1.43. The molecule has 0 amide bonds. The van der Waals surface area contributed by atoms with E-state index in [1.54, 1.807) is 0 Å². The van der Waals surface area contributed by atoms with Crippen LogP contribution >= 0.6 is 0 Å². The van der Waals surface area contributed by atoms with E-state index in [1.165, 1.54) is 7.11 Å². The third-order valence-electron chi connectivity index (χ3n) is 3.56. The molecule has 0 saturated carbocycles. The van der Waals surface area contributed by atoms with Crippen molar-refractivity contribution in [1.82, 2.24) is 5.32 Å². The second-order valence-electron chi connectivity index (χ2n) is 5.90. The highest BCUT2D eigenvalue weighted by atomic mass is 16.5. The zero-order valence-corrected chi connectivity index (χ0v) is 11.5. The van der Waals surface area contributed by atoms with E-state index in [2.05, 4.69) is 12.2 Å². The average Bonchev–Trinajstić information content (AvgIpc) is 2.28. The molecule has 1 aliphatic heterocycles. The van der Waals surface area contributed by atoms with Crippen LogP contribution in [0.1, 0.15) is 33.6 Å². The molecule has 1 saturated heterocycles. The number of rotatable bonds is 5. The van der Waals surface area contributed by atoms with Gasteiger partial charge in [-0.3, -0.25) is 4.79 Å². The minimum Gasteiger partial charge on any atom is -0.469 e. The Morgan fingerprint density at radius 1 is 1.41 bits per heavy atom. The minimum absolute atomic E-state index is 0.165. The van der Waals surface area contributed by atoms with Crippen molar-refractivity contribution in [1.29, 1.82) is 0 Å². The van der Waals surface area contributed by atoms with Crippen molar-refractivity contribution in [3.8, 4) is 0 Å². The maximum absolute atomic E-state index is 11.5. The molecule has 0 atom stereocenters. The maximum Gasteiger partial charge on any atom is 0.312 e. The van der Waals surface area contributed by atoms with Crippen LogP contribution in [0, 0.1) is 10.8 Å². The zero-order valence-electron chi connectivity index (χ0n) is 11.5. The average molecular weight is 243 g/mol. The molecule has 0 aliphatic carbocycles. The fourth-order valence-corrected chi connectivity index (χ4v) is 2.07. The molecule has 0 aromatic rings. The fourth-order valence-electron chi connectivity index (χ4n) is 2.07. The fraction of sp³-hybridized carbons (Fsp3) is 0.923. The quantitative estimate of drug-likeness (QED) is 0.745. The number of nitrogens with one attached hydrogen (secondary N) is 1. The molecular formula is C13H25NO3. The third kappa shape index (κ3) is 4.28. The molecule has 0 bridgehead atoms. The molecule has 100 valence electrons. The summed E-state index contributed by atoms with van der Waals surface area (Å²) in [6.07, 6.45) is 2.16. The van der Waals surface area contributed by atoms with Gasteiger partial charge in [-0.15, -0.1) is 0 Å². The predicted octanol–water partition coefficient (Wildman–Crippen LogP) is 1.59. The summed E-state index contributed by atoms with van der Waals surface area (Å²) in [6, 6.07) is 0. The van der Waals surface area contributed by atoms with Gasteiger partial charge in [0.2, 0.25) is 0 Å². The molecule has 0 aromatic carbocycles. The van der Waals surface area contributed by atoms with E-state index in [4.69, 9.17) is 9.47 Å². The standard InChI is InChI=1S/C13H25NO3/c1-12(2,11(15)16-4)9-14-10-13(3)5-7-17-8-6-13/h14H,5-10H2,1-4H3. The lowest BCUT2D eigenvalue weighted by Crippen LogP contribution is -2.43. The molecule has 4 nitrogen and oxygen atoms in total. The molecule has 0 unspecified atom stereocenters. The lowest BCUT2D eigenvalue weighted by atomic mass is 9.82. The first-order chi connectivity index (χ1) is 7.90. The molecule has 4 heteroatoms. The highest BCUT2D eigenvalue weighted by molar-refractivity contribution is 5.76. The Morgan fingerprint density at radius 2 is 2.00 bits per heavy atom. The minimum atomic E-state index is -0.462. The Bertz CT molecular complexity index is 257. The Labute approximate surface area is 104 Å². The molecule has 1 rings (SSSR count). The lowest BCUT2D eigenvalue weighted by molar-refractivity contribution is -0.150. The second-order valence-corrected chi connectivity index (χ2v) is 5.90. The van der Waals surface area contributed by atoms with Crippen LogP contribution in [-0.2, 0) is 14.3 Å². The Kier molecular flexibility index (Phi) is 4.95. The second kappa shape index (κ2) is 5.83. The normalized spacial score (nSPS) is 20.0. The first-order valence-electron chi connectivity index (χ1n) is 6.27. The van der Waals surface area contributed by atoms with Gasteiger partial charge in [-0.05, 0) is 32.1 Å². The number of carbonyl (C=O) groups excluding carboxylic acids is 1. The van der Waals surface area contributed by atoms with Gasteiger partial charge in [0.1, 0.15) is 0 Å². The molecule has 0 spiro atoms. The van der Waals surface area contributed by atoms with Crippen molar-refractivity contribution >= 4 is 5.97 Å². The largest absolute Gasteiger partial charge is 0.469 e. The van der Waals surface area contributed by atoms with Gasteiger partial charge in [-0.2, -0.15) is 0 Å². The summed E-state index contributed by atoms with van der Waals surface area (Å²) in [4.78, 5) is 11.5. The molecule has 1 fully saturated rings. The predicted molar refractivity (Wildman–Crippen MR) is 66.8 cm³/mol. The van der Waals surface area contributed by atoms with Crippen molar-refractivity contribution in [3.63, 3.8) is 0 Å². The lowest BCUT2D eigenvalue weighted by Gasteiger charge is -2.34. The van der Waals surface area contributed by atoms with Crippen LogP contribution in [0.25, 0.3) is 0 Å². The van der Waals surface area contributed by atoms with E-state index in [0.717, 1.165) is 32.6 Å². The van der Waals surface area contributed by atoms with E-state index in [0.29, 0.717) is 12.0 Å². The summed E-state index contributed by atoms with van der Waals surface area (Å²) in [5.41, 5.74) is -0.166. The zero-order chi connectivity index (χ0) is 12.9. The Hall–Kier alpha value is -0.610. The Balaban J connectivity index is 2.33. The molecule has 1 aliphatic rings. The number of hydrogen-bond donors (Lipinski definition) is 1. The van der Waals surface area contributed by atoms with E-state index < -0.39 is 5.41 Å². The van der Waals surface area contributed by atoms with Crippen LogP contribution in [0.3, 0.4) is 0 Å². The van der Waals surface area contributed by atoms with E-state index >= 15 is 0 Å². The molecule has 0 aromatic heterocycles. The van der Waals surface area contributed by atoms with Crippen LogP contribution < -0.4 is 5.32 Å². The highest BCUT2D eigenvalue weighted by Crippen LogP contribution is 2.29. The molecule has 0 radical (unpaired) electrons. The maximum atomic E-state index is 11.5. The molecule has 1 heterocycles. The van der Waals surface area contributed by atoms with Gasteiger partial charge in [0.25, 0.3) is 0 Å². The third-order valence-corrected chi connectivity index (χ3v) is 3.56. The summed E-state index contributed by atoms with van der Waals surface area (Å²) in [6.45, 7) is 9.34. The number of carbonyl (C=O) groups is 1. The summed E-state index contributed by atoms with van der Waals surface area (Å²) >= 11 is 0. The number of hydrogen-bond acceptors (Lipinski definition) is 4. The highest BCUT2D eigenvalue weighted by Gasteiger charge is 2.31. The van der Waals surface area contributed by atoms with Gasteiger partial charge in [0.05, 0.1) is 12.5 Å². The van der Waals surface area contributed by atoms with Crippen LogP contribution in [0.5, 0.6) is 0 Å². The van der Waals surface area contributed by atoms with Crippen LogP contribution in [0.15, 0.2) is 0 Å². The van der Waals surface area contributed by atoms with Crippen LogP contribution in [-0.4, -0.2) is 39.4 Å². The van der Waals surface area contributed by atoms with Crippen molar-refractivity contribution in [2.45, 2.75) is 33.6 Å². The summed E-state index contributed by atoms with van der Waals surface area (Å²) in [5.74, 6) is -0.165. The monoisotopic (exact) mass is 243 g/mol. The van der Waals surface area contributed by atoms with E-state index in [1.807, 2.05) is 13.8 Å². The topological polar surface area (TPSA) is 47.6 Å². The van der Waals surface area contributed by atoms with Gasteiger partial charge >= 0.3 is 5.97 Å². The Morgan fingerprint density at radius 3 is 2.53 bits per heavy atom. The van der Waals surface area contributed by atoms with E-state index in [9.17, 15) is 4.79 Å². The van der Waals surface area contributed by atoms with Crippen LogP contribution in [0.2, 0.25) is 0 Å². The van der Waals surface area contributed by atoms with Gasteiger partial charge in [0, 0.05) is 26.3 Å². The van der Waals surface area contributed by atoms with Gasteiger partial charge < -0.3 is 14.8 Å².